The molecule has 0 aliphatic carbocycles. The van der Waals surface area contributed by atoms with Crippen LogP contribution in [-0.2, 0) is 33.3 Å². The first kappa shape index (κ1) is 22.3. The van der Waals surface area contributed by atoms with Crippen LogP contribution in [0, 0.1) is 20.8 Å². The van der Waals surface area contributed by atoms with E-state index in [4.69, 9.17) is 33.3 Å². The van der Waals surface area contributed by atoms with Crippen molar-refractivity contribution in [2.45, 2.75) is 96.9 Å². The van der Waals surface area contributed by atoms with Gasteiger partial charge in [0.05, 0.1) is 18.7 Å². The number of oxime groups is 1. The Bertz CT molecular complexity index is 917. The van der Waals surface area contributed by atoms with Gasteiger partial charge in [-0.25, -0.2) is 0 Å². The highest BCUT2D eigenvalue weighted by molar-refractivity contribution is 6.03. The molecule has 0 aromatic heterocycles. The molecule has 176 valence electrons. The number of rotatable bonds is 3. The van der Waals surface area contributed by atoms with Gasteiger partial charge in [0.1, 0.15) is 24.9 Å². The fraction of sp³-hybridized carbons (Fsp3) is 0.708. The highest BCUT2D eigenvalue weighted by atomic mass is 16.9. The summed E-state index contributed by atoms with van der Waals surface area (Å²) in [6.07, 6.45) is -1.33. The second kappa shape index (κ2) is 7.48. The van der Waals surface area contributed by atoms with E-state index in [0.717, 1.165) is 11.3 Å². The van der Waals surface area contributed by atoms with Crippen LogP contribution in [0.25, 0.3) is 0 Å². The largest absolute Gasteiger partial charge is 0.363 e. The minimum atomic E-state index is -1.10. The molecular formula is C24H33NO7. The first-order valence-corrected chi connectivity index (χ1v) is 11.3. The average molecular weight is 448 g/mol. The van der Waals surface area contributed by atoms with E-state index in [2.05, 4.69) is 38.1 Å². The number of benzene rings is 1. The lowest BCUT2D eigenvalue weighted by atomic mass is 9.94. The molecule has 1 aromatic carbocycles. The topological polar surface area (TPSA) is 77.0 Å². The summed E-state index contributed by atoms with van der Waals surface area (Å²) in [5.41, 5.74) is 5.56. The Morgan fingerprint density at radius 1 is 0.969 bits per heavy atom. The standard InChI is InChI=1S/C24H33NO7/c1-13-8-14(2)19(15(3)9-13)16-10-18(31-25-16)28-21-20-17(29-23(6,7)30-20)11-26-24(21)12-27-22(4,5)32-24/h8-9,17-18,20-21H,10-12H2,1-7H3/t17-,18+,20-,21+,24+/m1/s1. The lowest BCUT2D eigenvalue weighted by molar-refractivity contribution is -0.353. The van der Waals surface area contributed by atoms with Crippen LogP contribution in [0.2, 0.25) is 0 Å². The molecular weight excluding hydrogens is 414 g/mol. The Labute approximate surface area is 189 Å². The number of ether oxygens (including phenoxy) is 6. The lowest BCUT2D eigenvalue weighted by Gasteiger charge is -2.44. The second-order valence-electron chi connectivity index (χ2n) is 10.2. The number of aryl methyl sites for hydroxylation is 3. The zero-order valence-corrected chi connectivity index (χ0v) is 19.9. The van der Waals surface area contributed by atoms with E-state index < -0.39 is 29.8 Å². The van der Waals surface area contributed by atoms with Crippen molar-refractivity contribution in [3.8, 4) is 0 Å². The molecule has 0 bridgehead atoms. The molecule has 5 atom stereocenters. The summed E-state index contributed by atoms with van der Waals surface area (Å²) in [6.45, 7) is 14.4. The van der Waals surface area contributed by atoms with Crippen LogP contribution < -0.4 is 0 Å². The molecule has 0 radical (unpaired) electrons. The van der Waals surface area contributed by atoms with Gasteiger partial charge in [0.2, 0.25) is 12.1 Å². The van der Waals surface area contributed by atoms with Gasteiger partial charge in [-0.2, -0.15) is 0 Å². The van der Waals surface area contributed by atoms with Gasteiger partial charge in [0.25, 0.3) is 0 Å². The van der Waals surface area contributed by atoms with Crippen LogP contribution in [-0.4, -0.2) is 60.9 Å². The van der Waals surface area contributed by atoms with Gasteiger partial charge < -0.3 is 33.3 Å². The normalized spacial score (nSPS) is 37.4. The van der Waals surface area contributed by atoms with Crippen molar-refractivity contribution < 1.29 is 33.3 Å². The summed E-state index contributed by atoms with van der Waals surface area (Å²) < 4.78 is 37.0. The molecule has 0 saturated carbocycles. The fourth-order valence-corrected chi connectivity index (χ4v) is 5.32. The molecule has 1 spiro atoms. The van der Waals surface area contributed by atoms with E-state index in [1.165, 1.54) is 16.7 Å². The summed E-state index contributed by atoms with van der Waals surface area (Å²) in [5.74, 6) is -2.64. The van der Waals surface area contributed by atoms with Crippen LogP contribution in [0.4, 0.5) is 0 Å². The van der Waals surface area contributed by atoms with Crippen molar-refractivity contribution in [1.82, 2.24) is 0 Å². The van der Waals surface area contributed by atoms with Crippen molar-refractivity contribution in [3.63, 3.8) is 0 Å². The van der Waals surface area contributed by atoms with Gasteiger partial charge in [0, 0.05) is 5.56 Å². The van der Waals surface area contributed by atoms with Gasteiger partial charge in [-0.3, -0.25) is 0 Å². The van der Waals surface area contributed by atoms with E-state index >= 15 is 0 Å². The van der Waals surface area contributed by atoms with E-state index in [0.29, 0.717) is 13.0 Å². The van der Waals surface area contributed by atoms with Gasteiger partial charge in [-0.15, -0.1) is 0 Å². The third kappa shape index (κ3) is 3.87. The number of hydrogen-bond acceptors (Lipinski definition) is 8. The summed E-state index contributed by atoms with van der Waals surface area (Å²) in [4.78, 5) is 5.74. The number of hydrogen-bond donors (Lipinski definition) is 0. The SMILES string of the molecule is Cc1cc(C)c(C2=NO[C@H](O[C@H]3[C@@H]4OC(C)(C)O[C@@H]4CO[C@]34COC(C)(C)O4)C2)c(C)c1. The molecule has 3 saturated heterocycles. The summed E-state index contributed by atoms with van der Waals surface area (Å²) in [6, 6.07) is 4.32. The van der Waals surface area contributed by atoms with Gasteiger partial charge >= 0.3 is 0 Å². The molecule has 4 aliphatic rings. The van der Waals surface area contributed by atoms with E-state index in [-0.39, 0.29) is 18.8 Å². The maximum absolute atomic E-state index is 6.47. The monoisotopic (exact) mass is 447 g/mol. The van der Waals surface area contributed by atoms with Crippen molar-refractivity contribution in [2.75, 3.05) is 13.2 Å². The summed E-state index contributed by atoms with van der Waals surface area (Å²) >= 11 is 0. The molecule has 8 nitrogen and oxygen atoms in total. The van der Waals surface area contributed by atoms with Crippen molar-refractivity contribution >= 4 is 5.71 Å². The van der Waals surface area contributed by atoms with E-state index in [1.54, 1.807) is 0 Å². The van der Waals surface area contributed by atoms with Gasteiger partial charge in [0.15, 0.2) is 11.6 Å². The van der Waals surface area contributed by atoms with E-state index in [1.807, 2.05) is 27.7 Å². The smallest absolute Gasteiger partial charge is 0.233 e. The molecule has 4 aliphatic heterocycles. The Morgan fingerprint density at radius 3 is 2.34 bits per heavy atom. The Morgan fingerprint density at radius 2 is 1.69 bits per heavy atom. The van der Waals surface area contributed by atoms with Crippen LogP contribution in [0.5, 0.6) is 0 Å². The Hall–Kier alpha value is -1.55. The molecule has 0 unspecified atom stereocenters. The molecule has 8 heteroatoms. The zero-order chi connectivity index (χ0) is 22.9. The fourth-order valence-electron chi connectivity index (χ4n) is 5.32. The summed E-state index contributed by atoms with van der Waals surface area (Å²) in [7, 11) is 0. The second-order valence-corrected chi connectivity index (χ2v) is 10.2. The molecule has 1 aromatic rings. The third-order valence-corrected chi connectivity index (χ3v) is 6.39. The molecule has 0 N–H and O–H groups in total. The molecule has 0 amide bonds. The third-order valence-electron chi connectivity index (χ3n) is 6.39. The van der Waals surface area contributed by atoms with Crippen molar-refractivity contribution in [2.24, 2.45) is 5.16 Å². The van der Waals surface area contributed by atoms with Crippen molar-refractivity contribution in [1.29, 1.82) is 0 Å². The predicted octanol–water partition coefficient (Wildman–Crippen LogP) is 3.48. The Kier molecular flexibility index (Phi) is 5.20. The highest BCUT2D eigenvalue weighted by Gasteiger charge is 2.64. The minimum Gasteiger partial charge on any atom is -0.363 e. The number of fused-ring (bicyclic) bond motifs is 1. The van der Waals surface area contributed by atoms with Crippen LogP contribution in [0.1, 0.15) is 56.4 Å². The number of nitrogens with zero attached hydrogens (tertiary/aromatic N) is 1. The molecule has 3 fully saturated rings. The highest BCUT2D eigenvalue weighted by Crippen LogP contribution is 2.46. The first-order valence-electron chi connectivity index (χ1n) is 11.3. The lowest BCUT2D eigenvalue weighted by Crippen LogP contribution is -2.63. The molecule has 4 heterocycles. The Balaban J connectivity index is 1.38. The summed E-state index contributed by atoms with van der Waals surface area (Å²) in [5, 5.41) is 4.37. The zero-order valence-electron chi connectivity index (χ0n) is 19.9. The van der Waals surface area contributed by atoms with Crippen LogP contribution in [0.3, 0.4) is 0 Å². The first-order chi connectivity index (χ1) is 15.0. The van der Waals surface area contributed by atoms with Gasteiger partial charge in [-0.05, 0) is 59.6 Å². The quantitative estimate of drug-likeness (QED) is 0.702. The molecule has 5 rings (SSSR count). The van der Waals surface area contributed by atoms with Crippen LogP contribution >= 0.6 is 0 Å². The maximum atomic E-state index is 6.47. The van der Waals surface area contributed by atoms with E-state index in [9.17, 15) is 0 Å². The minimum absolute atomic E-state index is 0.230. The maximum Gasteiger partial charge on any atom is 0.233 e. The average Bonchev–Trinajstić information content (AvgIpc) is 3.33. The van der Waals surface area contributed by atoms with Crippen molar-refractivity contribution in [3.05, 3.63) is 34.4 Å². The predicted molar refractivity (Wildman–Crippen MR) is 115 cm³/mol. The van der Waals surface area contributed by atoms with Gasteiger partial charge in [-0.1, -0.05) is 22.9 Å². The molecule has 32 heavy (non-hydrogen) atoms. The van der Waals surface area contributed by atoms with Crippen LogP contribution in [0.15, 0.2) is 17.3 Å².